The maximum Gasteiger partial charge on any atom is 0.268 e. The van der Waals surface area contributed by atoms with Crippen LogP contribution in [0.2, 0.25) is 0 Å². The Morgan fingerprint density at radius 2 is 2.05 bits per heavy atom. The monoisotopic (exact) mass is 289 g/mol. The van der Waals surface area contributed by atoms with Gasteiger partial charge in [0.15, 0.2) is 0 Å². The smallest absolute Gasteiger partial charge is 0.268 e. The van der Waals surface area contributed by atoms with Crippen molar-refractivity contribution in [3.8, 4) is 0 Å². The summed E-state index contributed by atoms with van der Waals surface area (Å²) in [6, 6.07) is 8.53. The van der Waals surface area contributed by atoms with Gasteiger partial charge in [0.2, 0.25) is 5.91 Å². The number of nitrogens with one attached hydrogen (secondary N) is 2. The van der Waals surface area contributed by atoms with Crippen LogP contribution in [0.25, 0.3) is 10.9 Å². The highest BCUT2D eigenvalue weighted by Gasteiger charge is 2.22. The van der Waals surface area contributed by atoms with Crippen LogP contribution in [0.3, 0.4) is 0 Å². The van der Waals surface area contributed by atoms with Crippen LogP contribution in [0, 0.1) is 0 Å². The molecule has 6 nitrogen and oxygen atoms in total. The molecule has 0 aliphatic rings. The molecule has 6 heteroatoms. The average molecular weight is 289 g/mol. The summed E-state index contributed by atoms with van der Waals surface area (Å²) in [6.45, 7) is 2.14. The fourth-order valence-corrected chi connectivity index (χ4v) is 2.34. The molecule has 0 radical (unpaired) electrons. The lowest BCUT2D eigenvalue weighted by molar-refractivity contribution is -0.123. The fraction of sp³-hybridized carbons (Fsp3) is 0.333. The van der Waals surface area contributed by atoms with Crippen LogP contribution in [-0.4, -0.2) is 41.2 Å². The van der Waals surface area contributed by atoms with Crippen molar-refractivity contribution < 1.29 is 14.7 Å². The van der Waals surface area contributed by atoms with Crippen LogP contribution in [0.15, 0.2) is 30.3 Å². The number of carbonyl (C=O) groups excluding carboxylic acids is 2. The van der Waals surface area contributed by atoms with Gasteiger partial charge in [-0.1, -0.05) is 18.2 Å². The second-order valence-corrected chi connectivity index (χ2v) is 4.66. The third-order valence-corrected chi connectivity index (χ3v) is 3.41. The zero-order valence-corrected chi connectivity index (χ0v) is 12.1. The molecule has 112 valence electrons. The summed E-state index contributed by atoms with van der Waals surface area (Å²) in [7, 11) is 1.46. The van der Waals surface area contributed by atoms with E-state index in [-0.39, 0.29) is 5.91 Å². The van der Waals surface area contributed by atoms with E-state index in [0.717, 1.165) is 10.9 Å². The number of carbonyl (C=O) groups is 2. The first-order chi connectivity index (χ1) is 10.1. The Labute approximate surface area is 122 Å². The third kappa shape index (κ3) is 2.90. The molecule has 1 atom stereocenters. The van der Waals surface area contributed by atoms with E-state index in [1.54, 1.807) is 6.07 Å². The molecule has 21 heavy (non-hydrogen) atoms. The number of amides is 2. The molecular weight excluding hydrogens is 270 g/mol. The van der Waals surface area contributed by atoms with Gasteiger partial charge in [-0.2, -0.15) is 0 Å². The number of aliphatic hydroxyl groups excluding tert-OH is 1. The van der Waals surface area contributed by atoms with Gasteiger partial charge in [-0.3, -0.25) is 9.59 Å². The predicted molar refractivity (Wildman–Crippen MR) is 80.0 cm³/mol. The number of nitrogens with zero attached hydrogens (tertiary/aromatic N) is 1. The Kier molecular flexibility index (Phi) is 4.59. The Morgan fingerprint density at radius 1 is 1.33 bits per heavy atom. The highest BCUT2D eigenvalue weighted by Crippen LogP contribution is 2.19. The van der Waals surface area contributed by atoms with Crippen molar-refractivity contribution in [3.63, 3.8) is 0 Å². The lowest BCUT2D eigenvalue weighted by atomic mass is 10.2. The minimum atomic E-state index is -0.953. The van der Waals surface area contributed by atoms with Gasteiger partial charge >= 0.3 is 0 Å². The number of hydrogen-bond donors (Lipinski definition) is 3. The normalized spacial score (nSPS) is 12.1. The lowest BCUT2D eigenvalue weighted by Gasteiger charge is -2.15. The number of aliphatic hydroxyl groups is 1. The molecule has 0 saturated heterocycles. The Balaban J connectivity index is 2.33. The average Bonchev–Trinajstić information content (AvgIpc) is 2.90. The van der Waals surface area contributed by atoms with E-state index in [4.69, 9.17) is 0 Å². The molecule has 2 aromatic rings. The SMILES string of the molecule is CCn1c(C(=O)NC(CO)C(=O)NC)cc2ccccc21. The van der Waals surface area contributed by atoms with Gasteiger partial charge in [-0.15, -0.1) is 0 Å². The van der Waals surface area contributed by atoms with E-state index in [1.165, 1.54) is 7.05 Å². The van der Waals surface area contributed by atoms with E-state index in [0.29, 0.717) is 12.2 Å². The standard InChI is InChI=1S/C15H19N3O3/c1-3-18-12-7-5-4-6-10(12)8-13(18)15(21)17-11(9-19)14(20)16-2/h4-8,11,19H,3,9H2,1-2H3,(H,16,20)(H,17,21). The van der Waals surface area contributed by atoms with E-state index >= 15 is 0 Å². The minimum Gasteiger partial charge on any atom is -0.394 e. The van der Waals surface area contributed by atoms with Gasteiger partial charge < -0.3 is 20.3 Å². The summed E-state index contributed by atoms with van der Waals surface area (Å²) >= 11 is 0. The summed E-state index contributed by atoms with van der Waals surface area (Å²) in [4.78, 5) is 23.9. The topological polar surface area (TPSA) is 83.4 Å². The molecule has 2 amide bonds. The summed E-state index contributed by atoms with van der Waals surface area (Å²) in [5.41, 5.74) is 1.44. The predicted octanol–water partition coefficient (Wildman–Crippen LogP) is 0.498. The largest absolute Gasteiger partial charge is 0.394 e. The van der Waals surface area contributed by atoms with E-state index in [1.807, 2.05) is 35.8 Å². The number of hydrogen-bond acceptors (Lipinski definition) is 3. The first kappa shape index (κ1) is 15.1. The molecule has 0 spiro atoms. The van der Waals surface area contributed by atoms with Crippen LogP contribution in [0.1, 0.15) is 17.4 Å². The van der Waals surface area contributed by atoms with Crippen LogP contribution in [-0.2, 0) is 11.3 Å². The summed E-state index contributed by atoms with van der Waals surface area (Å²) in [5, 5.41) is 15.1. The van der Waals surface area contributed by atoms with Gasteiger partial charge in [0.05, 0.1) is 6.61 Å². The van der Waals surface area contributed by atoms with Crippen molar-refractivity contribution in [2.75, 3.05) is 13.7 Å². The zero-order valence-electron chi connectivity index (χ0n) is 12.1. The highest BCUT2D eigenvalue weighted by molar-refractivity contribution is 6.00. The minimum absolute atomic E-state index is 0.379. The van der Waals surface area contributed by atoms with Crippen molar-refractivity contribution in [1.29, 1.82) is 0 Å². The number of fused-ring (bicyclic) bond motifs is 1. The molecule has 0 bridgehead atoms. The zero-order chi connectivity index (χ0) is 15.4. The molecule has 0 aliphatic carbocycles. The second-order valence-electron chi connectivity index (χ2n) is 4.66. The summed E-state index contributed by atoms with van der Waals surface area (Å²) < 4.78 is 1.88. The van der Waals surface area contributed by atoms with E-state index in [2.05, 4.69) is 10.6 Å². The molecule has 1 heterocycles. The molecule has 0 aliphatic heterocycles. The van der Waals surface area contributed by atoms with Gasteiger partial charge in [0.1, 0.15) is 11.7 Å². The molecule has 2 rings (SSSR count). The van der Waals surface area contributed by atoms with Crippen molar-refractivity contribution in [2.24, 2.45) is 0 Å². The first-order valence-corrected chi connectivity index (χ1v) is 6.84. The van der Waals surface area contributed by atoms with Crippen LogP contribution in [0.4, 0.5) is 0 Å². The van der Waals surface area contributed by atoms with E-state index < -0.39 is 18.6 Å². The van der Waals surface area contributed by atoms with Gasteiger partial charge in [-0.05, 0) is 19.1 Å². The van der Waals surface area contributed by atoms with Crippen molar-refractivity contribution in [1.82, 2.24) is 15.2 Å². The number of para-hydroxylation sites is 1. The molecule has 1 aromatic carbocycles. The van der Waals surface area contributed by atoms with Gasteiger partial charge in [0, 0.05) is 24.5 Å². The molecule has 0 fully saturated rings. The number of aromatic nitrogens is 1. The Bertz CT molecular complexity index is 663. The lowest BCUT2D eigenvalue weighted by Crippen LogP contribution is -2.48. The third-order valence-electron chi connectivity index (χ3n) is 3.41. The van der Waals surface area contributed by atoms with Crippen molar-refractivity contribution >= 4 is 22.7 Å². The number of benzene rings is 1. The molecule has 1 unspecified atom stereocenters. The van der Waals surface area contributed by atoms with Crippen LogP contribution in [0.5, 0.6) is 0 Å². The quantitative estimate of drug-likeness (QED) is 0.749. The first-order valence-electron chi connectivity index (χ1n) is 6.84. The maximum absolute atomic E-state index is 12.4. The number of likely N-dealkylation sites (N-methyl/N-ethyl adjacent to an activating group) is 1. The van der Waals surface area contributed by atoms with Crippen LogP contribution >= 0.6 is 0 Å². The number of aryl methyl sites for hydroxylation is 1. The van der Waals surface area contributed by atoms with Gasteiger partial charge in [0.25, 0.3) is 5.91 Å². The molecule has 1 aromatic heterocycles. The second kappa shape index (κ2) is 6.41. The molecule has 3 N–H and O–H groups in total. The number of rotatable bonds is 5. The molecular formula is C15H19N3O3. The van der Waals surface area contributed by atoms with E-state index in [9.17, 15) is 14.7 Å². The molecule has 0 saturated carbocycles. The van der Waals surface area contributed by atoms with Crippen LogP contribution < -0.4 is 10.6 Å². The maximum atomic E-state index is 12.4. The van der Waals surface area contributed by atoms with Crippen molar-refractivity contribution in [3.05, 3.63) is 36.0 Å². The summed E-state index contributed by atoms with van der Waals surface area (Å²) in [5.74, 6) is -0.805. The Morgan fingerprint density at radius 3 is 2.67 bits per heavy atom. The summed E-state index contributed by atoms with van der Waals surface area (Å²) in [6.07, 6.45) is 0. The fourth-order valence-electron chi connectivity index (χ4n) is 2.34. The highest BCUT2D eigenvalue weighted by atomic mass is 16.3. The Hall–Kier alpha value is -2.34. The van der Waals surface area contributed by atoms with Crippen molar-refractivity contribution in [2.45, 2.75) is 19.5 Å². The van der Waals surface area contributed by atoms with Gasteiger partial charge in [-0.25, -0.2) is 0 Å².